The van der Waals surface area contributed by atoms with Crippen LogP contribution in [-0.4, -0.2) is 43.4 Å². The smallest absolute Gasteiger partial charge is 0.267 e. The second kappa shape index (κ2) is 4.74. The molecule has 2 fully saturated rings. The van der Waals surface area contributed by atoms with E-state index in [0.29, 0.717) is 18.2 Å². The van der Waals surface area contributed by atoms with Crippen molar-refractivity contribution in [1.29, 1.82) is 0 Å². The van der Waals surface area contributed by atoms with Crippen LogP contribution >= 0.6 is 0 Å². The summed E-state index contributed by atoms with van der Waals surface area (Å²) >= 11 is 0. The quantitative estimate of drug-likeness (QED) is 0.830. The van der Waals surface area contributed by atoms with Crippen LogP contribution in [-0.2, 0) is 9.47 Å². The van der Waals surface area contributed by atoms with E-state index >= 15 is 0 Å². The van der Waals surface area contributed by atoms with Crippen molar-refractivity contribution in [3.05, 3.63) is 24.0 Å². The molecule has 2 N–H and O–H groups in total. The van der Waals surface area contributed by atoms with Gasteiger partial charge in [0.1, 0.15) is 5.69 Å². The summed E-state index contributed by atoms with van der Waals surface area (Å²) in [6.45, 7) is 1.43. The third-order valence-electron chi connectivity index (χ3n) is 4.03. The minimum Gasteiger partial charge on any atom is -0.384 e. The van der Waals surface area contributed by atoms with Crippen molar-refractivity contribution in [1.82, 2.24) is 10.3 Å². The van der Waals surface area contributed by atoms with Gasteiger partial charge < -0.3 is 19.8 Å². The third kappa shape index (κ3) is 1.83. The van der Waals surface area contributed by atoms with Crippen molar-refractivity contribution in [3.63, 3.8) is 0 Å². The molecule has 1 aliphatic heterocycles. The van der Waals surface area contributed by atoms with E-state index in [2.05, 4.69) is 10.3 Å². The Morgan fingerprint density at radius 2 is 2.56 bits per heavy atom. The van der Waals surface area contributed by atoms with Crippen LogP contribution in [0.2, 0.25) is 0 Å². The topological polar surface area (TPSA) is 63.3 Å². The van der Waals surface area contributed by atoms with Crippen LogP contribution in [0.4, 0.5) is 0 Å². The number of aromatic amines is 1. The Morgan fingerprint density at radius 1 is 1.67 bits per heavy atom. The zero-order valence-electron chi connectivity index (χ0n) is 10.4. The van der Waals surface area contributed by atoms with E-state index in [1.807, 2.05) is 6.07 Å². The van der Waals surface area contributed by atoms with Crippen LogP contribution in [0.3, 0.4) is 0 Å². The molecule has 0 unspecified atom stereocenters. The van der Waals surface area contributed by atoms with Crippen molar-refractivity contribution in [2.24, 2.45) is 11.8 Å². The number of nitrogens with one attached hydrogen (secondary N) is 2. The van der Waals surface area contributed by atoms with Crippen LogP contribution in [0.1, 0.15) is 16.9 Å². The lowest BCUT2D eigenvalue weighted by Gasteiger charge is -2.47. The average molecular weight is 250 g/mol. The number of hydrogen-bond acceptors (Lipinski definition) is 3. The van der Waals surface area contributed by atoms with Gasteiger partial charge in [-0.3, -0.25) is 4.79 Å². The second-order valence-electron chi connectivity index (χ2n) is 4.99. The minimum absolute atomic E-state index is 0.0450. The summed E-state index contributed by atoms with van der Waals surface area (Å²) in [6, 6.07) is 3.78. The molecule has 2 heterocycles. The Kier molecular flexibility index (Phi) is 3.09. The molecule has 98 valence electrons. The molecule has 1 amide bonds. The Bertz CT molecular complexity index is 418. The standard InChI is InChI=1S/C13H18N2O3/c1-17-7-9-11(8-4-6-18-12(8)9)15-13(16)10-3-2-5-14-10/h2-3,5,8-9,11-12,14H,4,6-7H2,1H3,(H,15,16)/t8-,9+,11+,12-/m1/s1. The fourth-order valence-electron chi connectivity index (χ4n) is 3.14. The summed E-state index contributed by atoms with van der Waals surface area (Å²) in [6.07, 6.45) is 3.04. The molecule has 0 radical (unpaired) electrons. The highest BCUT2D eigenvalue weighted by Gasteiger charge is 2.54. The molecule has 1 aromatic heterocycles. The monoisotopic (exact) mass is 250 g/mol. The first-order valence-corrected chi connectivity index (χ1v) is 6.36. The summed E-state index contributed by atoms with van der Waals surface area (Å²) < 4.78 is 10.9. The number of methoxy groups -OCH3 is 1. The number of aromatic nitrogens is 1. The maximum absolute atomic E-state index is 12.0. The molecule has 0 spiro atoms. The van der Waals surface area contributed by atoms with Crippen LogP contribution in [0.5, 0.6) is 0 Å². The molecular formula is C13H18N2O3. The largest absolute Gasteiger partial charge is 0.384 e. The number of H-pyrrole nitrogens is 1. The first-order chi connectivity index (χ1) is 8.81. The summed E-state index contributed by atoms with van der Waals surface area (Å²) in [5.74, 6) is 0.682. The predicted octanol–water partition coefficient (Wildman–Crippen LogP) is 0.794. The molecule has 0 aromatic carbocycles. The zero-order chi connectivity index (χ0) is 12.5. The van der Waals surface area contributed by atoms with Crippen LogP contribution in [0, 0.1) is 11.8 Å². The molecule has 2 aliphatic rings. The number of amides is 1. The highest BCUT2D eigenvalue weighted by molar-refractivity contribution is 5.92. The van der Waals surface area contributed by atoms with E-state index in [0.717, 1.165) is 13.0 Å². The molecule has 0 bridgehead atoms. The lowest BCUT2D eigenvalue weighted by atomic mass is 9.67. The van der Waals surface area contributed by atoms with E-state index in [4.69, 9.17) is 9.47 Å². The maximum Gasteiger partial charge on any atom is 0.267 e. The van der Waals surface area contributed by atoms with Crippen molar-refractivity contribution in [3.8, 4) is 0 Å². The molecule has 3 rings (SSSR count). The van der Waals surface area contributed by atoms with E-state index in [1.165, 1.54) is 0 Å². The predicted molar refractivity (Wildman–Crippen MR) is 65.3 cm³/mol. The van der Waals surface area contributed by atoms with Gasteiger partial charge in [0.2, 0.25) is 0 Å². The molecule has 1 saturated carbocycles. The molecule has 5 nitrogen and oxygen atoms in total. The van der Waals surface area contributed by atoms with Crippen LogP contribution < -0.4 is 5.32 Å². The van der Waals surface area contributed by atoms with Crippen molar-refractivity contribution < 1.29 is 14.3 Å². The molecule has 1 aromatic rings. The van der Waals surface area contributed by atoms with Crippen molar-refractivity contribution >= 4 is 5.91 Å². The van der Waals surface area contributed by atoms with Crippen LogP contribution in [0.15, 0.2) is 18.3 Å². The maximum atomic E-state index is 12.0. The Labute approximate surface area is 106 Å². The summed E-state index contributed by atoms with van der Waals surface area (Å²) in [5.41, 5.74) is 0.605. The van der Waals surface area contributed by atoms with Crippen molar-refractivity contribution in [2.45, 2.75) is 18.6 Å². The first-order valence-electron chi connectivity index (χ1n) is 6.36. The number of rotatable bonds is 4. The Morgan fingerprint density at radius 3 is 3.28 bits per heavy atom. The van der Waals surface area contributed by atoms with Gasteiger partial charge in [0.15, 0.2) is 0 Å². The number of carbonyl (C=O) groups is 1. The first kappa shape index (κ1) is 11.7. The molecule has 5 heteroatoms. The highest BCUT2D eigenvalue weighted by atomic mass is 16.5. The number of carbonyl (C=O) groups excluding carboxylic acids is 1. The molecule has 1 aliphatic carbocycles. The van der Waals surface area contributed by atoms with Gasteiger partial charge in [0.25, 0.3) is 5.91 Å². The zero-order valence-corrected chi connectivity index (χ0v) is 10.4. The van der Waals surface area contributed by atoms with Gasteiger partial charge in [-0.05, 0) is 18.6 Å². The average Bonchev–Trinajstić information content (AvgIpc) is 3.02. The Balaban J connectivity index is 1.66. The third-order valence-corrected chi connectivity index (χ3v) is 4.03. The van der Waals surface area contributed by atoms with E-state index < -0.39 is 0 Å². The van der Waals surface area contributed by atoms with Gasteiger partial charge >= 0.3 is 0 Å². The highest BCUT2D eigenvalue weighted by Crippen LogP contribution is 2.43. The molecule has 4 atom stereocenters. The van der Waals surface area contributed by atoms with Gasteiger partial charge in [0, 0.05) is 37.8 Å². The van der Waals surface area contributed by atoms with Crippen molar-refractivity contribution in [2.75, 3.05) is 20.3 Å². The van der Waals surface area contributed by atoms with Gasteiger partial charge in [-0.25, -0.2) is 0 Å². The summed E-state index contributed by atoms with van der Waals surface area (Å²) in [7, 11) is 1.69. The van der Waals surface area contributed by atoms with Gasteiger partial charge in [-0.2, -0.15) is 0 Å². The van der Waals surface area contributed by atoms with Gasteiger partial charge in [0.05, 0.1) is 12.7 Å². The summed E-state index contributed by atoms with van der Waals surface area (Å²) in [4.78, 5) is 14.9. The Hall–Kier alpha value is -1.33. The number of hydrogen-bond donors (Lipinski definition) is 2. The van der Waals surface area contributed by atoms with Gasteiger partial charge in [-0.1, -0.05) is 0 Å². The number of fused-ring (bicyclic) bond motifs is 1. The van der Waals surface area contributed by atoms with Crippen LogP contribution in [0.25, 0.3) is 0 Å². The second-order valence-corrected chi connectivity index (χ2v) is 4.99. The fraction of sp³-hybridized carbons (Fsp3) is 0.615. The van der Waals surface area contributed by atoms with E-state index in [1.54, 1.807) is 19.4 Å². The fourth-order valence-corrected chi connectivity index (χ4v) is 3.14. The molecular weight excluding hydrogens is 232 g/mol. The minimum atomic E-state index is -0.0450. The lowest BCUT2D eigenvalue weighted by molar-refractivity contribution is -0.0810. The van der Waals surface area contributed by atoms with E-state index in [9.17, 15) is 4.79 Å². The summed E-state index contributed by atoms with van der Waals surface area (Å²) in [5, 5.41) is 3.09. The number of ether oxygens (including phenoxy) is 2. The molecule has 18 heavy (non-hydrogen) atoms. The normalized spacial score (nSPS) is 33.8. The lowest BCUT2D eigenvalue weighted by Crippen LogP contribution is -2.62. The molecule has 1 saturated heterocycles. The SMILES string of the molecule is COC[C@H]1[C@@H](NC(=O)c2ccc[nH]2)[C@H]2CCO[C@H]21. The van der Waals surface area contributed by atoms with Gasteiger partial charge in [-0.15, -0.1) is 0 Å². The van der Waals surface area contributed by atoms with E-state index in [-0.39, 0.29) is 24.0 Å².